The SMILES string of the molecule is CCCCn1c(-c2ccccc2)nc(-c2ccccc2)c1CN(Cc1ccc(OC)cc1)Cc1ccc(OCC)c(OCC)c1. The van der Waals surface area contributed by atoms with E-state index >= 15 is 0 Å². The first kappa shape index (κ1) is 31.9. The lowest BCUT2D eigenvalue weighted by Gasteiger charge is -2.25. The van der Waals surface area contributed by atoms with E-state index in [0.717, 1.165) is 78.9 Å². The highest BCUT2D eigenvalue weighted by Gasteiger charge is 2.22. The van der Waals surface area contributed by atoms with Crippen molar-refractivity contribution in [3.63, 3.8) is 0 Å². The van der Waals surface area contributed by atoms with Gasteiger partial charge in [-0.1, -0.05) is 92.2 Å². The number of imidazole rings is 1. The fraction of sp³-hybridized carbons (Fsp3) is 0.308. The minimum Gasteiger partial charge on any atom is -0.497 e. The molecule has 6 nitrogen and oxygen atoms in total. The van der Waals surface area contributed by atoms with Crippen molar-refractivity contribution >= 4 is 0 Å². The molecule has 5 aromatic rings. The molecular weight excluding hydrogens is 558 g/mol. The smallest absolute Gasteiger partial charge is 0.161 e. The molecule has 0 atom stereocenters. The van der Waals surface area contributed by atoms with E-state index < -0.39 is 0 Å². The molecule has 45 heavy (non-hydrogen) atoms. The van der Waals surface area contributed by atoms with Crippen molar-refractivity contribution < 1.29 is 14.2 Å². The van der Waals surface area contributed by atoms with Crippen LogP contribution in [0.2, 0.25) is 0 Å². The van der Waals surface area contributed by atoms with Gasteiger partial charge in [-0.15, -0.1) is 0 Å². The first-order chi connectivity index (χ1) is 22.1. The van der Waals surface area contributed by atoms with Crippen molar-refractivity contribution in [3.05, 3.63) is 120 Å². The number of rotatable bonds is 16. The number of benzene rings is 4. The zero-order valence-corrected chi connectivity index (χ0v) is 27.0. The highest BCUT2D eigenvalue weighted by Crippen LogP contribution is 2.33. The summed E-state index contributed by atoms with van der Waals surface area (Å²) in [6.07, 6.45) is 2.18. The molecule has 0 bridgehead atoms. The van der Waals surface area contributed by atoms with E-state index in [2.05, 4.69) is 101 Å². The zero-order chi connectivity index (χ0) is 31.4. The maximum atomic E-state index is 6.00. The molecule has 0 aliphatic carbocycles. The van der Waals surface area contributed by atoms with E-state index in [-0.39, 0.29) is 0 Å². The van der Waals surface area contributed by atoms with Gasteiger partial charge in [-0.3, -0.25) is 4.90 Å². The largest absolute Gasteiger partial charge is 0.497 e. The predicted octanol–water partition coefficient (Wildman–Crippen LogP) is 9.03. The first-order valence-electron chi connectivity index (χ1n) is 16.1. The second-order valence-corrected chi connectivity index (χ2v) is 11.1. The molecule has 1 heterocycles. The summed E-state index contributed by atoms with van der Waals surface area (Å²) in [5, 5.41) is 0. The molecule has 5 rings (SSSR count). The standard InChI is InChI=1S/C39H45N3O3/c1-5-8-25-42-35(38(32-15-11-9-12-16-32)40-39(42)33-17-13-10-14-18-33)29-41(27-30-19-22-34(43-4)23-20-30)28-31-21-24-36(44-6-2)37(26-31)45-7-3/h9-24,26H,5-8,25,27-29H2,1-4H3. The number of methoxy groups -OCH3 is 1. The Bertz CT molecular complexity index is 1620. The Balaban J connectivity index is 1.59. The molecule has 0 radical (unpaired) electrons. The summed E-state index contributed by atoms with van der Waals surface area (Å²) in [7, 11) is 1.70. The first-order valence-corrected chi connectivity index (χ1v) is 16.1. The predicted molar refractivity (Wildman–Crippen MR) is 183 cm³/mol. The summed E-state index contributed by atoms with van der Waals surface area (Å²) in [6.45, 7) is 10.5. The molecule has 0 saturated heterocycles. The molecule has 0 N–H and O–H groups in total. The van der Waals surface area contributed by atoms with Gasteiger partial charge in [-0.2, -0.15) is 0 Å². The van der Waals surface area contributed by atoms with E-state index in [9.17, 15) is 0 Å². The molecule has 0 spiro atoms. The van der Waals surface area contributed by atoms with Gasteiger partial charge in [0.15, 0.2) is 11.5 Å². The van der Waals surface area contributed by atoms with Gasteiger partial charge in [0, 0.05) is 37.3 Å². The van der Waals surface area contributed by atoms with Gasteiger partial charge in [0.05, 0.1) is 31.7 Å². The number of unbranched alkanes of at least 4 members (excludes halogenated alkanes) is 1. The van der Waals surface area contributed by atoms with Crippen LogP contribution in [0, 0.1) is 0 Å². The molecule has 0 amide bonds. The Labute approximate surface area is 268 Å². The van der Waals surface area contributed by atoms with Crippen molar-refractivity contribution in [3.8, 4) is 39.9 Å². The summed E-state index contributed by atoms with van der Waals surface area (Å²) in [5.41, 5.74) is 6.90. The third-order valence-electron chi connectivity index (χ3n) is 7.84. The Kier molecular flexibility index (Phi) is 11.3. The van der Waals surface area contributed by atoms with E-state index in [1.807, 2.05) is 32.0 Å². The topological polar surface area (TPSA) is 48.8 Å². The second-order valence-electron chi connectivity index (χ2n) is 11.1. The van der Waals surface area contributed by atoms with Crippen LogP contribution in [0.3, 0.4) is 0 Å². The highest BCUT2D eigenvalue weighted by atomic mass is 16.5. The van der Waals surface area contributed by atoms with Gasteiger partial charge in [0.25, 0.3) is 0 Å². The van der Waals surface area contributed by atoms with Crippen LogP contribution in [-0.4, -0.2) is 34.8 Å². The fourth-order valence-corrected chi connectivity index (χ4v) is 5.66. The lowest BCUT2D eigenvalue weighted by atomic mass is 10.1. The second kappa shape index (κ2) is 16.0. The van der Waals surface area contributed by atoms with Crippen LogP contribution in [0.5, 0.6) is 17.2 Å². The van der Waals surface area contributed by atoms with Crippen molar-refractivity contribution in [1.82, 2.24) is 14.5 Å². The maximum Gasteiger partial charge on any atom is 0.161 e. The summed E-state index contributed by atoms with van der Waals surface area (Å²) in [4.78, 5) is 7.84. The van der Waals surface area contributed by atoms with Crippen LogP contribution >= 0.6 is 0 Å². The Hall–Kier alpha value is -4.55. The van der Waals surface area contributed by atoms with Crippen LogP contribution in [-0.2, 0) is 26.2 Å². The monoisotopic (exact) mass is 603 g/mol. The number of hydrogen-bond donors (Lipinski definition) is 0. The highest BCUT2D eigenvalue weighted by molar-refractivity contribution is 5.68. The number of hydrogen-bond acceptors (Lipinski definition) is 5. The van der Waals surface area contributed by atoms with Gasteiger partial charge in [0.1, 0.15) is 11.6 Å². The lowest BCUT2D eigenvalue weighted by Crippen LogP contribution is -2.24. The van der Waals surface area contributed by atoms with Crippen LogP contribution in [0.15, 0.2) is 103 Å². The van der Waals surface area contributed by atoms with Crippen LogP contribution < -0.4 is 14.2 Å². The molecule has 0 aliphatic rings. The molecule has 234 valence electrons. The van der Waals surface area contributed by atoms with Crippen molar-refractivity contribution in [2.45, 2.75) is 59.8 Å². The van der Waals surface area contributed by atoms with E-state index in [0.29, 0.717) is 13.2 Å². The van der Waals surface area contributed by atoms with Gasteiger partial charge in [-0.25, -0.2) is 4.98 Å². The minimum absolute atomic E-state index is 0.582. The van der Waals surface area contributed by atoms with Crippen LogP contribution in [0.4, 0.5) is 0 Å². The number of aromatic nitrogens is 2. The number of nitrogens with zero attached hydrogens (tertiary/aromatic N) is 3. The Morgan fingerprint density at radius 2 is 1.29 bits per heavy atom. The molecule has 4 aromatic carbocycles. The summed E-state index contributed by atoms with van der Waals surface area (Å²) in [5.74, 6) is 3.43. The molecular formula is C39H45N3O3. The van der Waals surface area contributed by atoms with Crippen LogP contribution in [0.1, 0.15) is 50.4 Å². The molecule has 0 fully saturated rings. The molecule has 6 heteroatoms. The van der Waals surface area contributed by atoms with Crippen molar-refractivity contribution in [1.29, 1.82) is 0 Å². The van der Waals surface area contributed by atoms with Crippen molar-refractivity contribution in [2.24, 2.45) is 0 Å². The molecule has 0 saturated carbocycles. The van der Waals surface area contributed by atoms with Crippen molar-refractivity contribution in [2.75, 3.05) is 20.3 Å². The summed E-state index contributed by atoms with van der Waals surface area (Å²) >= 11 is 0. The third kappa shape index (κ3) is 8.14. The average molecular weight is 604 g/mol. The van der Waals surface area contributed by atoms with E-state index in [1.165, 1.54) is 16.8 Å². The van der Waals surface area contributed by atoms with Gasteiger partial charge in [-0.05, 0) is 55.7 Å². The number of ether oxygens (including phenoxy) is 3. The quantitative estimate of drug-likeness (QED) is 0.113. The minimum atomic E-state index is 0.582. The Morgan fingerprint density at radius 3 is 1.93 bits per heavy atom. The Morgan fingerprint density at radius 1 is 0.667 bits per heavy atom. The van der Waals surface area contributed by atoms with E-state index in [1.54, 1.807) is 7.11 Å². The maximum absolute atomic E-state index is 6.00. The lowest BCUT2D eigenvalue weighted by molar-refractivity contribution is 0.240. The van der Waals surface area contributed by atoms with E-state index in [4.69, 9.17) is 19.2 Å². The van der Waals surface area contributed by atoms with Gasteiger partial charge >= 0.3 is 0 Å². The van der Waals surface area contributed by atoms with Crippen LogP contribution in [0.25, 0.3) is 22.6 Å². The fourth-order valence-electron chi connectivity index (χ4n) is 5.66. The zero-order valence-electron chi connectivity index (χ0n) is 27.0. The van der Waals surface area contributed by atoms with Gasteiger partial charge < -0.3 is 18.8 Å². The molecule has 1 aromatic heterocycles. The molecule has 0 unspecified atom stereocenters. The average Bonchev–Trinajstić information content (AvgIpc) is 3.43. The van der Waals surface area contributed by atoms with Gasteiger partial charge in [0.2, 0.25) is 0 Å². The summed E-state index contributed by atoms with van der Waals surface area (Å²) in [6, 6.07) is 35.8. The summed E-state index contributed by atoms with van der Waals surface area (Å²) < 4.78 is 19.8. The normalized spacial score (nSPS) is 11.1. The molecule has 0 aliphatic heterocycles. The third-order valence-corrected chi connectivity index (χ3v) is 7.84.